The molecule has 1 heterocycles. The molecule has 0 radical (unpaired) electrons. The highest BCUT2D eigenvalue weighted by atomic mass is 16.4. The van der Waals surface area contributed by atoms with Crippen molar-refractivity contribution in [2.75, 3.05) is 5.32 Å². The number of carbonyl (C=O) groups is 2. The number of carboxylic acids is 1. The van der Waals surface area contributed by atoms with Gasteiger partial charge in [0, 0.05) is 17.3 Å². The van der Waals surface area contributed by atoms with Crippen LogP contribution in [-0.4, -0.2) is 26.8 Å². The Bertz CT molecular complexity index is 666. The normalized spacial score (nSPS) is 10.1. The molecule has 0 atom stereocenters. The second-order valence-electron chi connectivity index (χ2n) is 4.25. The van der Waals surface area contributed by atoms with Crippen LogP contribution in [0.3, 0.4) is 0 Å². The lowest BCUT2D eigenvalue weighted by Crippen LogP contribution is -2.05. The van der Waals surface area contributed by atoms with Crippen molar-refractivity contribution in [2.45, 2.75) is 13.8 Å². The number of anilines is 2. The molecule has 0 saturated heterocycles. The van der Waals surface area contributed by atoms with E-state index < -0.39 is 5.97 Å². The first-order valence-corrected chi connectivity index (χ1v) is 5.92. The molecular formula is C14H13N3O3. The number of hydrogen-bond donors (Lipinski definition) is 2. The molecule has 1 aromatic heterocycles. The molecule has 102 valence electrons. The molecule has 0 bridgehead atoms. The number of benzene rings is 1. The molecule has 20 heavy (non-hydrogen) atoms. The van der Waals surface area contributed by atoms with Gasteiger partial charge in [0.1, 0.15) is 11.6 Å². The SMILES string of the molecule is CC(=O)c1ccc(Nc2cc(C(=O)O)nc(C)n2)cc1. The summed E-state index contributed by atoms with van der Waals surface area (Å²) in [5.41, 5.74) is 1.26. The molecular weight excluding hydrogens is 258 g/mol. The van der Waals surface area contributed by atoms with Crippen LogP contribution in [-0.2, 0) is 0 Å². The Balaban J connectivity index is 2.25. The van der Waals surface area contributed by atoms with Gasteiger partial charge < -0.3 is 10.4 Å². The average molecular weight is 271 g/mol. The van der Waals surface area contributed by atoms with E-state index >= 15 is 0 Å². The van der Waals surface area contributed by atoms with Gasteiger partial charge in [-0.25, -0.2) is 14.8 Å². The first-order valence-electron chi connectivity index (χ1n) is 5.92. The van der Waals surface area contributed by atoms with Crippen LogP contribution in [0.2, 0.25) is 0 Å². The van der Waals surface area contributed by atoms with Gasteiger partial charge in [-0.2, -0.15) is 0 Å². The predicted molar refractivity (Wildman–Crippen MR) is 73.5 cm³/mol. The minimum atomic E-state index is -1.11. The third kappa shape index (κ3) is 3.17. The average Bonchev–Trinajstić information content (AvgIpc) is 2.38. The Kier molecular flexibility index (Phi) is 3.74. The van der Waals surface area contributed by atoms with E-state index in [9.17, 15) is 9.59 Å². The zero-order valence-corrected chi connectivity index (χ0v) is 11.0. The highest BCUT2D eigenvalue weighted by Crippen LogP contribution is 2.16. The summed E-state index contributed by atoms with van der Waals surface area (Å²) in [6, 6.07) is 8.20. The minimum Gasteiger partial charge on any atom is -0.477 e. The van der Waals surface area contributed by atoms with Gasteiger partial charge in [0.05, 0.1) is 0 Å². The van der Waals surface area contributed by atoms with Gasteiger partial charge in [-0.05, 0) is 38.1 Å². The lowest BCUT2D eigenvalue weighted by Gasteiger charge is -2.07. The van der Waals surface area contributed by atoms with Gasteiger partial charge in [0.2, 0.25) is 0 Å². The molecule has 2 N–H and O–H groups in total. The number of hydrogen-bond acceptors (Lipinski definition) is 5. The quantitative estimate of drug-likeness (QED) is 0.830. The van der Waals surface area contributed by atoms with Crippen LogP contribution in [0.25, 0.3) is 0 Å². The summed E-state index contributed by atoms with van der Waals surface area (Å²) in [5.74, 6) is -0.355. The number of rotatable bonds is 4. The second-order valence-corrected chi connectivity index (χ2v) is 4.25. The molecule has 2 aromatic rings. The van der Waals surface area contributed by atoms with Crippen molar-refractivity contribution in [2.24, 2.45) is 0 Å². The van der Waals surface area contributed by atoms with Gasteiger partial charge in [-0.15, -0.1) is 0 Å². The summed E-state index contributed by atoms with van der Waals surface area (Å²) >= 11 is 0. The molecule has 0 saturated carbocycles. The smallest absolute Gasteiger partial charge is 0.354 e. The van der Waals surface area contributed by atoms with Crippen LogP contribution in [0.5, 0.6) is 0 Å². The number of Topliss-reactive ketones (excluding diaryl/α,β-unsaturated/α-hetero) is 1. The van der Waals surface area contributed by atoms with Gasteiger partial charge in [-0.3, -0.25) is 4.79 Å². The van der Waals surface area contributed by atoms with Crippen LogP contribution >= 0.6 is 0 Å². The Morgan fingerprint density at radius 3 is 2.35 bits per heavy atom. The lowest BCUT2D eigenvalue weighted by atomic mass is 10.1. The van der Waals surface area contributed by atoms with E-state index in [4.69, 9.17) is 5.11 Å². The van der Waals surface area contributed by atoms with Crippen molar-refractivity contribution in [1.82, 2.24) is 9.97 Å². The van der Waals surface area contributed by atoms with Crippen LogP contribution in [0.1, 0.15) is 33.6 Å². The van der Waals surface area contributed by atoms with E-state index in [2.05, 4.69) is 15.3 Å². The summed E-state index contributed by atoms with van der Waals surface area (Å²) in [6.07, 6.45) is 0. The number of ketones is 1. The molecule has 0 amide bonds. The summed E-state index contributed by atoms with van der Waals surface area (Å²) in [6.45, 7) is 3.12. The Labute approximate surface area is 115 Å². The lowest BCUT2D eigenvalue weighted by molar-refractivity contribution is 0.0689. The van der Waals surface area contributed by atoms with Crippen molar-refractivity contribution < 1.29 is 14.7 Å². The molecule has 0 unspecified atom stereocenters. The summed E-state index contributed by atoms with van der Waals surface area (Å²) in [7, 11) is 0. The van der Waals surface area contributed by atoms with Crippen LogP contribution < -0.4 is 5.32 Å². The van der Waals surface area contributed by atoms with E-state index in [0.717, 1.165) is 0 Å². The largest absolute Gasteiger partial charge is 0.477 e. The fraction of sp³-hybridized carbons (Fsp3) is 0.143. The minimum absolute atomic E-state index is 0.0115. The number of carboxylic acid groups (broad SMARTS) is 1. The number of aromatic carboxylic acids is 1. The van der Waals surface area contributed by atoms with Gasteiger partial charge in [-0.1, -0.05) is 0 Å². The molecule has 6 nitrogen and oxygen atoms in total. The molecule has 0 fully saturated rings. The summed E-state index contributed by atoms with van der Waals surface area (Å²) < 4.78 is 0. The molecule has 6 heteroatoms. The van der Waals surface area contributed by atoms with E-state index in [-0.39, 0.29) is 11.5 Å². The van der Waals surface area contributed by atoms with Crippen molar-refractivity contribution in [3.05, 3.63) is 47.4 Å². The number of nitrogens with zero attached hydrogens (tertiary/aromatic N) is 2. The van der Waals surface area contributed by atoms with Crippen LogP contribution in [0, 0.1) is 6.92 Å². The zero-order chi connectivity index (χ0) is 14.7. The molecule has 0 aliphatic heterocycles. The van der Waals surface area contributed by atoms with E-state index in [1.807, 2.05) is 0 Å². The Morgan fingerprint density at radius 1 is 1.15 bits per heavy atom. The predicted octanol–water partition coefficient (Wildman–Crippen LogP) is 2.43. The molecule has 0 aliphatic carbocycles. The fourth-order valence-electron chi connectivity index (χ4n) is 1.68. The summed E-state index contributed by atoms with van der Waals surface area (Å²) in [4.78, 5) is 30.0. The number of aromatic nitrogens is 2. The molecule has 2 rings (SSSR count). The van der Waals surface area contributed by atoms with Crippen molar-refractivity contribution in [3.63, 3.8) is 0 Å². The third-order valence-electron chi connectivity index (χ3n) is 2.62. The van der Waals surface area contributed by atoms with Crippen molar-refractivity contribution >= 4 is 23.3 Å². The van der Waals surface area contributed by atoms with E-state index in [1.165, 1.54) is 13.0 Å². The third-order valence-corrected chi connectivity index (χ3v) is 2.62. The fourth-order valence-corrected chi connectivity index (χ4v) is 1.68. The molecule has 0 spiro atoms. The van der Waals surface area contributed by atoms with Gasteiger partial charge in [0.15, 0.2) is 11.5 Å². The molecule has 0 aliphatic rings. The highest BCUT2D eigenvalue weighted by Gasteiger charge is 2.08. The number of carbonyl (C=O) groups excluding carboxylic acids is 1. The Morgan fingerprint density at radius 2 is 1.80 bits per heavy atom. The monoisotopic (exact) mass is 271 g/mol. The van der Waals surface area contributed by atoms with Crippen molar-refractivity contribution in [1.29, 1.82) is 0 Å². The maximum Gasteiger partial charge on any atom is 0.354 e. The van der Waals surface area contributed by atoms with Gasteiger partial charge >= 0.3 is 5.97 Å². The standard InChI is InChI=1S/C14H13N3O3/c1-8(18)10-3-5-11(6-4-10)17-13-7-12(14(19)20)15-9(2)16-13/h3-7H,1-2H3,(H,19,20)(H,15,16,17). The van der Waals surface area contributed by atoms with Crippen LogP contribution in [0.4, 0.5) is 11.5 Å². The highest BCUT2D eigenvalue weighted by molar-refractivity contribution is 5.94. The van der Waals surface area contributed by atoms with Crippen LogP contribution in [0.15, 0.2) is 30.3 Å². The van der Waals surface area contributed by atoms with Crippen molar-refractivity contribution in [3.8, 4) is 0 Å². The first-order chi connectivity index (χ1) is 9.45. The zero-order valence-electron chi connectivity index (χ0n) is 11.0. The summed E-state index contributed by atoms with van der Waals surface area (Å²) in [5, 5.41) is 11.9. The van der Waals surface area contributed by atoms with E-state index in [1.54, 1.807) is 31.2 Å². The Hall–Kier alpha value is -2.76. The maximum absolute atomic E-state index is 11.2. The maximum atomic E-state index is 11.2. The number of aryl methyl sites for hydroxylation is 1. The molecule has 1 aromatic carbocycles. The van der Waals surface area contributed by atoms with E-state index in [0.29, 0.717) is 22.9 Å². The topological polar surface area (TPSA) is 92.2 Å². The van der Waals surface area contributed by atoms with Gasteiger partial charge in [0.25, 0.3) is 0 Å². The number of nitrogens with one attached hydrogen (secondary N) is 1. The first kappa shape index (κ1) is 13.7. The second kappa shape index (κ2) is 5.48.